The predicted molar refractivity (Wildman–Crippen MR) is 81.4 cm³/mol. The first-order valence-electron chi connectivity index (χ1n) is 7.28. The van der Waals surface area contributed by atoms with Gasteiger partial charge in [0, 0.05) is 25.9 Å². The van der Waals surface area contributed by atoms with Crippen LogP contribution in [0.3, 0.4) is 0 Å². The van der Waals surface area contributed by atoms with Gasteiger partial charge in [-0.05, 0) is 41.7 Å². The fraction of sp³-hybridized carbons (Fsp3) is 0.786. The average molecular weight is 370 g/mol. The van der Waals surface area contributed by atoms with E-state index < -0.39 is 12.6 Å². The molecular weight excluding hydrogens is 347 g/mol. The molecule has 0 radical (unpaired) electrons. The summed E-state index contributed by atoms with van der Waals surface area (Å²) < 4.78 is 40.0. The van der Waals surface area contributed by atoms with Gasteiger partial charge in [-0.25, -0.2) is 0 Å². The summed E-state index contributed by atoms with van der Waals surface area (Å²) in [5, 5.41) is 7.60. The topological polar surface area (TPSA) is 29.9 Å². The highest BCUT2D eigenvalue weighted by Gasteiger charge is 2.29. The van der Waals surface area contributed by atoms with Crippen LogP contribution < -0.4 is 5.32 Å². The second-order valence-electron chi connectivity index (χ2n) is 5.19. The predicted octanol–water partition coefficient (Wildman–Crippen LogP) is 4.00. The van der Waals surface area contributed by atoms with Crippen LogP contribution in [0.25, 0.3) is 0 Å². The Balaban J connectivity index is 2.78. The van der Waals surface area contributed by atoms with Gasteiger partial charge in [0.1, 0.15) is 0 Å². The largest absolute Gasteiger partial charge is 0.389 e. The number of alkyl halides is 3. The van der Waals surface area contributed by atoms with Crippen LogP contribution in [-0.4, -0.2) is 28.5 Å². The molecule has 0 fully saturated rings. The lowest BCUT2D eigenvalue weighted by Crippen LogP contribution is -2.33. The van der Waals surface area contributed by atoms with Gasteiger partial charge in [0.05, 0.1) is 15.9 Å². The number of aryl methyl sites for hydroxylation is 2. The molecule has 3 nitrogen and oxygen atoms in total. The quantitative estimate of drug-likeness (QED) is 0.750. The molecule has 1 rings (SSSR count). The first-order chi connectivity index (χ1) is 9.78. The van der Waals surface area contributed by atoms with E-state index in [1.165, 1.54) is 0 Å². The maximum Gasteiger partial charge on any atom is 0.389 e. The molecule has 122 valence electrons. The molecule has 0 amide bonds. The fourth-order valence-corrected chi connectivity index (χ4v) is 3.02. The number of rotatable bonds is 8. The number of nitrogens with zero attached hydrogens (tertiary/aromatic N) is 2. The zero-order valence-corrected chi connectivity index (χ0v) is 14.3. The molecule has 0 spiro atoms. The normalized spacial score (nSPS) is 13.7. The Morgan fingerprint density at radius 3 is 2.48 bits per heavy atom. The molecule has 1 aromatic heterocycles. The summed E-state index contributed by atoms with van der Waals surface area (Å²) in [6, 6.07) is -0.192. The molecule has 1 aromatic rings. The molecule has 1 atom stereocenters. The standard InChI is InChI=1S/C14H23BrF3N3/c1-4-8-19-10(6-7-14(16,17)18)9-12-13(15)11(5-2)20-21(12)3/h10,19H,4-9H2,1-3H3. The highest BCUT2D eigenvalue weighted by atomic mass is 79.9. The van der Waals surface area contributed by atoms with Gasteiger partial charge in [-0.15, -0.1) is 0 Å². The maximum absolute atomic E-state index is 12.4. The summed E-state index contributed by atoms with van der Waals surface area (Å²) >= 11 is 3.52. The van der Waals surface area contributed by atoms with Crippen molar-refractivity contribution in [2.45, 2.75) is 58.2 Å². The minimum Gasteiger partial charge on any atom is -0.314 e. The molecule has 1 N–H and O–H groups in total. The summed E-state index contributed by atoms with van der Waals surface area (Å²) in [7, 11) is 1.83. The molecule has 0 bridgehead atoms. The number of aromatic nitrogens is 2. The van der Waals surface area contributed by atoms with Crippen molar-refractivity contribution in [2.24, 2.45) is 7.05 Å². The first kappa shape index (κ1) is 18.5. The third kappa shape index (κ3) is 5.98. The van der Waals surface area contributed by atoms with Crippen molar-refractivity contribution >= 4 is 15.9 Å². The van der Waals surface area contributed by atoms with E-state index in [1.807, 2.05) is 20.9 Å². The summed E-state index contributed by atoms with van der Waals surface area (Å²) in [5.74, 6) is 0. The van der Waals surface area contributed by atoms with E-state index in [-0.39, 0.29) is 12.5 Å². The van der Waals surface area contributed by atoms with Crippen molar-refractivity contribution in [3.63, 3.8) is 0 Å². The molecule has 0 aliphatic heterocycles. The lowest BCUT2D eigenvalue weighted by Gasteiger charge is -2.19. The zero-order chi connectivity index (χ0) is 16.0. The van der Waals surface area contributed by atoms with Crippen LogP contribution >= 0.6 is 15.9 Å². The van der Waals surface area contributed by atoms with Gasteiger partial charge >= 0.3 is 6.18 Å². The molecular formula is C14H23BrF3N3. The number of nitrogens with one attached hydrogen (secondary N) is 1. The van der Waals surface area contributed by atoms with E-state index in [4.69, 9.17) is 0 Å². The van der Waals surface area contributed by atoms with Crippen LogP contribution in [0.2, 0.25) is 0 Å². The third-order valence-corrected chi connectivity index (χ3v) is 4.32. The third-order valence-electron chi connectivity index (χ3n) is 3.40. The molecule has 0 aliphatic carbocycles. The lowest BCUT2D eigenvalue weighted by atomic mass is 10.0. The Labute approximate surface area is 132 Å². The average Bonchev–Trinajstić information content (AvgIpc) is 2.67. The van der Waals surface area contributed by atoms with Gasteiger partial charge < -0.3 is 5.32 Å². The van der Waals surface area contributed by atoms with E-state index in [2.05, 4.69) is 26.3 Å². The Morgan fingerprint density at radius 1 is 1.33 bits per heavy atom. The Bertz CT molecular complexity index is 443. The van der Waals surface area contributed by atoms with Crippen molar-refractivity contribution in [3.05, 3.63) is 15.9 Å². The molecule has 1 unspecified atom stereocenters. The molecule has 7 heteroatoms. The van der Waals surface area contributed by atoms with Gasteiger partial charge in [-0.1, -0.05) is 13.8 Å². The Kier molecular flexibility index (Phi) is 7.20. The SMILES string of the molecule is CCCNC(CCC(F)(F)F)Cc1c(Br)c(CC)nn1C. The van der Waals surface area contributed by atoms with E-state index >= 15 is 0 Å². The van der Waals surface area contributed by atoms with Crippen LogP contribution in [0.5, 0.6) is 0 Å². The number of hydrogen-bond donors (Lipinski definition) is 1. The highest BCUT2D eigenvalue weighted by Crippen LogP contribution is 2.26. The smallest absolute Gasteiger partial charge is 0.314 e. The van der Waals surface area contributed by atoms with E-state index in [9.17, 15) is 13.2 Å². The zero-order valence-electron chi connectivity index (χ0n) is 12.7. The number of halogens is 4. The van der Waals surface area contributed by atoms with Gasteiger partial charge in [0.15, 0.2) is 0 Å². The van der Waals surface area contributed by atoms with Crippen molar-refractivity contribution in [3.8, 4) is 0 Å². The monoisotopic (exact) mass is 369 g/mol. The molecule has 0 saturated heterocycles. The summed E-state index contributed by atoms with van der Waals surface area (Å²) in [4.78, 5) is 0. The van der Waals surface area contributed by atoms with Gasteiger partial charge in [-0.3, -0.25) is 4.68 Å². The second-order valence-corrected chi connectivity index (χ2v) is 5.99. The first-order valence-corrected chi connectivity index (χ1v) is 8.08. The van der Waals surface area contributed by atoms with E-state index in [1.54, 1.807) is 4.68 Å². The van der Waals surface area contributed by atoms with Crippen molar-refractivity contribution < 1.29 is 13.2 Å². The number of hydrogen-bond acceptors (Lipinski definition) is 2. The van der Waals surface area contributed by atoms with Gasteiger partial charge in [-0.2, -0.15) is 18.3 Å². The minimum absolute atomic E-state index is 0.0859. The molecule has 0 aromatic carbocycles. The Morgan fingerprint density at radius 2 is 2.00 bits per heavy atom. The van der Waals surface area contributed by atoms with Crippen LogP contribution in [0.1, 0.15) is 44.5 Å². The van der Waals surface area contributed by atoms with Crippen LogP contribution in [-0.2, 0) is 19.9 Å². The van der Waals surface area contributed by atoms with Crippen molar-refractivity contribution in [1.29, 1.82) is 0 Å². The summed E-state index contributed by atoms with van der Waals surface area (Å²) in [6.45, 7) is 4.73. The lowest BCUT2D eigenvalue weighted by molar-refractivity contribution is -0.136. The second kappa shape index (κ2) is 8.17. The summed E-state index contributed by atoms with van der Waals surface area (Å²) in [5.41, 5.74) is 1.89. The van der Waals surface area contributed by atoms with E-state index in [0.717, 1.165) is 35.2 Å². The fourth-order valence-electron chi connectivity index (χ4n) is 2.24. The van der Waals surface area contributed by atoms with Gasteiger partial charge in [0.2, 0.25) is 0 Å². The van der Waals surface area contributed by atoms with Crippen LogP contribution in [0, 0.1) is 0 Å². The molecule has 0 aliphatic rings. The molecule has 1 heterocycles. The van der Waals surface area contributed by atoms with Crippen molar-refractivity contribution in [2.75, 3.05) is 6.54 Å². The maximum atomic E-state index is 12.4. The summed E-state index contributed by atoms with van der Waals surface area (Å²) in [6.07, 6.45) is -2.54. The molecule has 0 saturated carbocycles. The minimum atomic E-state index is -4.11. The Hall–Kier alpha value is -0.560. The molecule has 21 heavy (non-hydrogen) atoms. The highest BCUT2D eigenvalue weighted by molar-refractivity contribution is 9.10. The van der Waals surface area contributed by atoms with Crippen molar-refractivity contribution in [1.82, 2.24) is 15.1 Å². The van der Waals surface area contributed by atoms with Gasteiger partial charge in [0.25, 0.3) is 0 Å². The van der Waals surface area contributed by atoms with Crippen LogP contribution in [0.4, 0.5) is 13.2 Å². The van der Waals surface area contributed by atoms with E-state index in [0.29, 0.717) is 6.42 Å². The van der Waals surface area contributed by atoms with Crippen LogP contribution in [0.15, 0.2) is 4.47 Å².